The number of alkyl halides is 3. The number of hydrogen-bond acceptors (Lipinski definition) is 5. The van der Waals surface area contributed by atoms with Gasteiger partial charge in [-0.1, -0.05) is 20.8 Å². The van der Waals surface area contributed by atoms with Gasteiger partial charge in [-0.05, 0) is 49.9 Å². The average Bonchev–Trinajstić information content (AvgIpc) is 2.64. The summed E-state index contributed by atoms with van der Waals surface area (Å²) in [5, 5.41) is 3.36. The standard InChI is InChI=1S/C20H26F3N3O2/c1-6-13(7-2)24-18-19(27-5)26-17(16(8-3)25-18)15-10-9-14(11-12(15)4)28-20(21,22)23/h9-11,13H,6-8H2,1-5H3,(H,24,25). The molecule has 1 heterocycles. The molecule has 0 atom stereocenters. The van der Waals surface area contributed by atoms with Crippen LogP contribution in [0.2, 0.25) is 0 Å². The Bertz CT molecular complexity index is 806. The highest BCUT2D eigenvalue weighted by atomic mass is 19.4. The molecule has 0 aliphatic rings. The summed E-state index contributed by atoms with van der Waals surface area (Å²) in [5.74, 6) is 0.666. The lowest BCUT2D eigenvalue weighted by Crippen LogP contribution is -2.19. The SMILES string of the molecule is CCc1nc(NC(CC)CC)c(OC)nc1-c1ccc(OC(F)(F)F)cc1C. The van der Waals surface area contributed by atoms with Gasteiger partial charge < -0.3 is 14.8 Å². The average molecular weight is 397 g/mol. The molecule has 28 heavy (non-hydrogen) atoms. The van der Waals surface area contributed by atoms with Crippen molar-refractivity contribution < 1.29 is 22.6 Å². The fraction of sp³-hybridized carbons (Fsp3) is 0.500. The molecule has 8 heteroatoms. The van der Waals surface area contributed by atoms with Crippen molar-refractivity contribution in [3.8, 4) is 22.9 Å². The molecule has 0 fully saturated rings. The molecular weight excluding hydrogens is 371 g/mol. The summed E-state index contributed by atoms with van der Waals surface area (Å²) in [6.07, 6.45) is -2.24. The van der Waals surface area contributed by atoms with Crippen LogP contribution in [-0.2, 0) is 6.42 Å². The number of ether oxygens (including phenoxy) is 2. The summed E-state index contributed by atoms with van der Waals surface area (Å²) in [4.78, 5) is 9.30. The number of aromatic nitrogens is 2. The second kappa shape index (κ2) is 9.12. The second-order valence-electron chi connectivity index (χ2n) is 6.41. The Balaban J connectivity index is 2.47. The molecule has 1 aromatic heterocycles. The molecule has 0 aliphatic carbocycles. The van der Waals surface area contributed by atoms with Gasteiger partial charge in [0.2, 0.25) is 0 Å². The van der Waals surface area contributed by atoms with Gasteiger partial charge in [-0.3, -0.25) is 0 Å². The Morgan fingerprint density at radius 2 is 1.79 bits per heavy atom. The lowest BCUT2D eigenvalue weighted by atomic mass is 10.0. The van der Waals surface area contributed by atoms with E-state index in [1.54, 1.807) is 13.0 Å². The molecule has 0 radical (unpaired) electrons. The van der Waals surface area contributed by atoms with E-state index >= 15 is 0 Å². The number of nitrogens with one attached hydrogen (secondary N) is 1. The first kappa shape index (κ1) is 21.8. The van der Waals surface area contributed by atoms with Gasteiger partial charge in [0.25, 0.3) is 5.88 Å². The highest BCUT2D eigenvalue weighted by Gasteiger charge is 2.31. The molecule has 0 unspecified atom stereocenters. The minimum absolute atomic E-state index is 0.249. The lowest BCUT2D eigenvalue weighted by molar-refractivity contribution is -0.274. The van der Waals surface area contributed by atoms with Crippen molar-refractivity contribution in [3.05, 3.63) is 29.5 Å². The number of anilines is 1. The van der Waals surface area contributed by atoms with Crippen molar-refractivity contribution in [3.63, 3.8) is 0 Å². The van der Waals surface area contributed by atoms with Crippen LogP contribution in [-0.4, -0.2) is 29.5 Å². The molecule has 0 saturated carbocycles. The molecule has 1 N–H and O–H groups in total. The van der Waals surface area contributed by atoms with E-state index in [4.69, 9.17) is 4.74 Å². The predicted octanol–water partition coefficient (Wildman–Crippen LogP) is 5.52. The van der Waals surface area contributed by atoms with Crippen LogP contribution < -0.4 is 14.8 Å². The first-order valence-corrected chi connectivity index (χ1v) is 9.30. The van der Waals surface area contributed by atoms with Gasteiger partial charge in [-0.25, -0.2) is 9.97 Å². The number of benzene rings is 1. The summed E-state index contributed by atoms with van der Waals surface area (Å²) in [5.41, 5.74) is 2.62. The van der Waals surface area contributed by atoms with E-state index in [0.29, 0.717) is 34.9 Å². The van der Waals surface area contributed by atoms with Crippen LogP contribution in [0.5, 0.6) is 11.6 Å². The Hall–Kier alpha value is -2.51. The van der Waals surface area contributed by atoms with E-state index in [1.165, 1.54) is 19.2 Å². The van der Waals surface area contributed by atoms with Gasteiger partial charge >= 0.3 is 6.36 Å². The summed E-state index contributed by atoms with van der Waals surface area (Å²) in [7, 11) is 1.52. The Kier molecular flexibility index (Phi) is 7.10. The van der Waals surface area contributed by atoms with Crippen molar-refractivity contribution in [2.45, 2.75) is 59.4 Å². The summed E-state index contributed by atoms with van der Waals surface area (Å²) in [6.45, 7) is 7.84. The number of aryl methyl sites for hydroxylation is 2. The van der Waals surface area contributed by atoms with Gasteiger partial charge in [-0.2, -0.15) is 0 Å². The Morgan fingerprint density at radius 1 is 1.11 bits per heavy atom. The third kappa shape index (κ3) is 5.27. The second-order valence-corrected chi connectivity index (χ2v) is 6.41. The fourth-order valence-corrected chi connectivity index (χ4v) is 2.94. The topological polar surface area (TPSA) is 56.3 Å². The molecule has 0 bridgehead atoms. The maximum Gasteiger partial charge on any atom is 0.573 e. The monoisotopic (exact) mass is 397 g/mol. The van der Waals surface area contributed by atoms with Crippen LogP contribution in [0.4, 0.5) is 19.0 Å². The van der Waals surface area contributed by atoms with E-state index in [2.05, 4.69) is 33.9 Å². The highest BCUT2D eigenvalue weighted by molar-refractivity contribution is 5.69. The van der Waals surface area contributed by atoms with Crippen LogP contribution in [0.1, 0.15) is 44.9 Å². The number of rotatable bonds is 8. The third-order valence-corrected chi connectivity index (χ3v) is 4.48. The van der Waals surface area contributed by atoms with Crippen molar-refractivity contribution >= 4 is 5.82 Å². The first-order valence-electron chi connectivity index (χ1n) is 9.30. The molecule has 5 nitrogen and oxygen atoms in total. The maximum atomic E-state index is 12.5. The normalized spacial score (nSPS) is 11.6. The van der Waals surface area contributed by atoms with E-state index < -0.39 is 6.36 Å². The Labute approximate surface area is 163 Å². The van der Waals surface area contributed by atoms with E-state index in [1.807, 2.05) is 6.92 Å². The van der Waals surface area contributed by atoms with Gasteiger partial charge in [0, 0.05) is 11.6 Å². The summed E-state index contributed by atoms with van der Waals surface area (Å²) in [6, 6.07) is 4.43. The molecule has 0 saturated heterocycles. The zero-order valence-electron chi connectivity index (χ0n) is 16.8. The van der Waals surface area contributed by atoms with Crippen molar-refractivity contribution in [1.29, 1.82) is 0 Å². The van der Waals surface area contributed by atoms with Gasteiger partial charge in [0.1, 0.15) is 5.75 Å². The molecule has 0 spiro atoms. The van der Waals surface area contributed by atoms with Crippen molar-refractivity contribution in [2.24, 2.45) is 0 Å². The van der Waals surface area contributed by atoms with Gasteiger partial charge in [-0.15, -0.1) is 13.2 Å². The summed E-state index contributed by atoms with van der Waals surface area (Å²) < 4.78 is 46.8. The van der Waals surface area contributed by atoms with Gasteiger partial charge in [0.05, 0.1) is 18.5 Å². The maximum absolute atomic E-state index is 12.5. The molecule has 2 aromatic rings. The number of hydrogen-bond donors (Lipinski definition) is 1. The lowest BCUT2D eigenvalue weighted by Gasteiger charge is -2.19. The minimum atomic E-state index is -4.73. The molecule has 2 rings (SSSR count). The molecule has 0 aliphatic heterocycles. The van der Waals surface area contributed by atoms with E-state index in [9.17, 15) is 13.2 Å². The fourth-order valence-electron chi connectivity index (χ4n) is 2.94. The summed E-state index contributed by atoms with van der Waals surface area (Å²) >= 11 is 0. The third-order valence-electron chi connectivity index (χ3n) is 4.48. The number of nitrogens with zero attached hydrogens (tertiary/aromatic N) is 2. The molecular formula is C20H26F3N3O2. The Morgan fingerprint density at radius 3 is 2.29 bits per heavy atom. The minimum Gasteiger partial charge on any atom is -0.478 e. The highest BCUT2D eigenvalue weighted by Crippen LogP contribution is 2.33. The van der Waals surface area contributed by atoms with Crippen LogP contribution in [0.3, 0.4) is 0 Å². The zero-order valence-corrected chi connectivity index (χ0v) is 16.8. The molecule has 154 valence electrons. The van der Waals surface area contributed by atoms with E-state index in [0.717, 1.165) is 18.5 Å². The van der Waals surface area contributed by atoms with Crippen molar-refractivity contribution in [2.75, 3.05) is 12.4 Å². The van der Waals surface area contributed by atoms with Crippen LogP contribution in [0.15, 0.2) is 18.2 Å². The first-order chi connectivity index (χ1) is 13.2. The van der Waals surface area contributed by atoms with Crippen LogP contribution >= 0.6 is 0 Å². The smallest absolute Gasteiger partial charge is 0.478 e. The quantitative estimate of drug-likeness (QED) is 0.635. The predicted molar refractivity (Wildman–Crippen MR) is 103 cm³/mol. The molecule has 1 aromatic carbocycles. The van der Waals surface area contributed by atoms with E-state index in [-0.39, 0.29) is 11.8 Å². The molecule has 0 amide bonds. The number of methoxy groups -OCH3 is 1. The van der Waals surface area contributed by atoms with Gasteiger partial charge in [0.15, 0.2) is 5.82 Å². The zero-order chi connectivity index (χ0) is 20.9. The van der Waals surface area contributed by atoms with Crippen molar-refractivity contribution in [1.82, 2.24) is 9.97 Å². The largest absolute Gasteiger partial charge is 0.573 e. The van der Waals surface area contributed by atoms with Crippen LogP contribution in [0.25, 0.3) is 11.3 Å². The van der Waals surface area contributed by atoms with Crippen LogP contribution in [0, 0.1) is 6.92 Å². The number of halogens is 3.